The number of hydrogen-bond acceptors (Lipinski definition) is 6. The van der Waals surface area contributed by atoms with Crippen LogP contribution in [0.2, 0.25) is 5.02 Å². The number of hydrogen-bond donors (Lipinski definition) is 1. The van der Waals surface area contributed by atoms with Crippen molar-refractivity contribution in [1.82, 2.24) is 4.98 Å². The fourth-order valence-corrected chi connectivity index (χ4v) is 6.51. The molecule has 2 aromatic carbocycles. The number of benzene rings is 2. The number of aromatic nitrogens is 1. The first-order chi connectivity index (χ1) is 16.5. The lowest BCUT2D eigenvalue weighted by atomic mass is 10.0. The molecule has 0 aliphatic rings. The van der Waals surface area contributed by atoms with Crippen molar-refractivity contribution in [3.05, 3.63) is 94.3 Å². The molecular formula is C26H21ClN2O2S3. The lowest BCUT2D eigenvalue weighted by molar-refractivity contribution is 0.224. The van der Waals surface area contributed by atoms with Gasteiger partial charge in [0.05, 0.1) is 28.0 Å². The molecule has 0 unspecified atom stereocenters. The van der Waals surface area contributed by atoms with Crippen molar-refractivity contribution in [3.63, 3.8) is 0 Å². The van der Waals surface area contributed by atoms with Gasteiger partial charge in [-0.2, -0.15) is 5.26 Å². The normalized spacial score (nSPS) is 12.7. The number of nitrogens with zero attached hydrogens (tertiary/aromatic N) is 2. The van der Waals surface area contributed by atoms with Crippen LogP contribution in [0.5, 0.6) is 0 Å². The number of pyridine rings is 1. The predicted octanol–water partition coefficient (Wildman–Crippen LogP) is 6.40. The Labute approximate surface area is 214 Å². The van der Waals surface area contributed by atoms with E-state index in [1.165, 1.54) is 11.8 Å². The zero-order valence-electron chi connectivity index (χ0n) is 18.1. The monoisotopic (exact) mass is 524 g/mol. The highest BCUT2D eigenvalue weighted by molar-refractivity contribution is 7.99. The molecule has 172 valence electrons. The largest absolute Gasteiger partial charge is 0.391 e. The summed E-state index contributed by atoms with van der Waals surface area (Å²) in [5, 5.41) is 23.7. The standard InChI is InChI=1S/C26H21ClN2O2S3/c27-20-10-8-18(9-11-20)16-34(31)17-21(30)15-33-26-23(14-28)22(19-5-2-1-3-6-19)13-24(29-26)25-7-4-12-32-25/h1-13,21,30H,15-17H2/t21-,34+/m0/s1. The second kappa shape index (κ2) is 11.8. The molecule has 0 spiro atoms. The molecule has 4 aromatic rings. The minimum atomic E-state index is -1.23. The molecule has 4 rings (SSSR count). The molecule has 8 heteroatoms. The van der Waals surface area contributed by atoms with Crippen molar-refractivity contribution in [3.8, 4) is 27.8 Å². The van der Waals surface area contributed by atoms with E-state index in [9.17, 15) is 14.6 Å². The SMILES string of the molecule is N#Cc1c(-c2ccccc2)cc(-c2cccs2)nc1SC[C@H](O)C[S@](=O)Cc1ccc(Cl)cc1. The van der Waals surface area contributed by atoms with Gasteiger partial charge in [0, 0.05) is 32.9 Å². The van der Waals surface area contributed by atoms with Crippen molar-refractivity contribution in [1.29, 1.82) is 5.26 Å². The van der Waals surface area contributed by atoms with Crippen LogP contribution < -0.4 is 0 Å². The van der Waals surface area contributed by atoms with E-state index >= 15 is 0 Å². The molecule has 1 N–H and O–H groups in total. The van der Waals surface area contributed by atoms with Gasteiger partial charge in [0.2, 0.25) is 0 Å². The van der Waals surface area contributed by atoms with Crippen LogP contribution in [0.1, 0.15) is 11.1 Å². The van der Waals surface area contributed by atoms with Crippen LogP contribution in [-0.2, 0) is 16.6 Å². The Hall–Kier alpha value is -2.47. The first-order valence-corrected chi connectivity index (χ1v) is 14.2. The first kappa shape index (κ1) is 24.6. The molecule has 34 heavy (non-hydrogen) atoms. The van der Waals surface area contributed by atoms with E-state index in [0.717, 1.165) is 27.3 Å². The van der Waals surface area contributed by atoms with Crippen LogP contribution in [0.25, 0.3) is 21.7 Å². The van der Waals surface area contributed by atoms with Gasteiger partial charge < -0.3 is 5.11 Å². The Morgan fingerprint density at radius 2 is 1.88 bits per heavy atom. The molecule has 2 heterocycles. The number of nitriles is 1. The molecule has 0 saturated heterocycles. The maximum absolute atomic E-state index is 12.5. The molecule has 0 fully saturated rings. The fraction of sp³-hybridized carbons (Fsp3) is 0.154. The third-order valence-electron chi connectivity index (χ3n) is 4.99. The van der Waals surface area contributed by atoms with Crippen LogP contribution in [0.4, 0.5) is 0 Å². The third-order valence-corrected chi connectivity index (χ3v) is 8.66. The number of rotatable bonds is 9. The Kier molecular flexibility index (Phi) is 8.54. The third kappa shape index (κ3) is 6.35. The molecular weight excluding hydrogens is 504 g/mol. The van der Waals surface area contributed by atoms with Crippen LogP contribution in [-0.4, -0.2) is 31.9 Å². The van der Waals surface area contributed by atoms with Gasteiger partial charge in [-0.25, -0.2) is 4.98 Å². The summed E-state index contributed by atoms with van der Waals surface area (Å²) in [6, 6.07) is 25.2. The van der Waals surface area contributed by atoms with Crippen LogP contribution in [0.3, 0.4) is 0 Å². The summed E-state index contributed by atoms with van der Waals surface area (Å²) >= 11 is 8.81. The number of aliphatic hydroxyl groups excluding tert-OH is 1. The van der Waals surface area contributed by atoms with Crippen molar-refractivity contribution < 1.29 is 9.32 Å². The summed E-state index contributed by atoms with van der Waals surface area (Å²) in [5.74, 6) is 0.788. The molecule has 4 nitrogen and oxygen atoms in total. The van der Waals surface area contributed by atoms with E-state index in [4.69, 9.17) is 16.6 Å². The van der Waals surface area contributed by atoms with Crippen molar-refractivity contribution in [2.75, 3.05) is 11.5 Å². The molecule has 0 aliphatic heterocycles. The summed E-state index contributed by atoms with van der Waals surface area (Å²) in [6.07, 6.45) is -0.794. The maximum Gasteiger partial charge on any atom is 0.115 e. The molecule has 2 atom stereocenters. The van der Waals surface area contributed by atoms with Gasteiger partial charge in [-0.1, -0.05) is 60.1 Å². The van der Waals surface area contributed by atoms with Gasteiger partial charge in [-0.15, -0.1) is 23.1 Å². The lowest BCUT2D eigenvalue weighted by Gasteiger charge is -2.14. The summed E-state index contributed by atoms with van der Waals surface area (Å²) in [5.41, 5.74) is 3.92. The summed E-state index contributed by atoms with van der Waals surface area (Å²) in [6.45, 7) is 0. The zero-order valence-corrected chi connectivity index (χ0v) is 21.3. The van der Waals surface area contributed by atoms with E-state index in [1.54, 1.807) is 23.5 Å². The van der Waals surface area contributed by atoms with Crippen LogP contribution in [0, 0.1) is 11.3 Å². The molecule has 0 amide bonds. The molecule has 0 saturated carbocycles. The smallest absolute Gasteiger partial charge is 0.115 e. The van der Waals surface area contributed by atoms with Gasteiger partial charge in [0.25, 0.3) is 0 Å². The van der Waals surface area contributed by atoms with Crippen molar-refractivity contribution >= 4 is 45.5 Å². The van der Waals surface area contributed by atoms with Crippen LogP contribution in [0.15, 0.2) is 83.2 Å². The maximum atomic E-state index is 12.5. The quantitative estimate of drug-likeness (QED) is 0.256. The second-order valence-electron chi connectivity index (χ2n) is 7.53. The zero-order chi connectivity index (χ0) is 23.9. The summed E-state index contributed by atoms with van der Waals surface area (Å²) in [4.78, 5) is 5.76. The van der Waals surface area contributed by atoms with E-state index in [0.29, 0.717) is 21.4 Å². The highest BCUT2D eigenvalue weighted by Gasteiger charge is 2.18. The Morgan fingerprint density at radius 3 is 2.56 bits per heavy atom. The minimum Gasteiger partial charge on any atom is -0.391 e. The van der Waals surface area contributed by atoms with Crippen molar-refractivity contribution in [2.24, 2.45) is 0 Å². The average Bonchev–Trinajstić information content (AvgIpc) is 3.39. The van der Waals surface area contributed by atoms with Crippen LogP contribution >= 0.6 is 34.7 Å². The summed E-state index contributed by atoms with van der Waals surface area (Å²) in [7, 11) is -1.23. The molecule has 0 bridgehead atoms. The highest BCUT2D eigenvalue weighted by atomic mass is 35.5. The van der Waals surface area contributed by atoms with E-state index < -0.39 is 16.9 Å². The Bertz CT molecular complexity index is 1300. The minimum absolute atomic E-state index is 0.146. The highest BCUT2D eigenvalue weighted by Crippen LogP contribution is 2.35. The predicted molar refractivity (Wildman–Crippen MR) is 143 cm³/mol. The summed E-state index contributed by atoms with van der Waals surface area (Å²) < 4.78 is 12.5. The average molecular weight is 525 g/mol. The fourth-order valence-electron chi connectivity index (χ4n) is 3.39. The van der Waals surface area contributed by atoms with Gasteiger partial charge in [0.1, 0.15) is 11.1 Å². The molecule has 2 aromatic heterocycles. The first-order valence-electron chi connectivity index (χ1n) is 10.5. The van der Waals surface area contributed by atoms with E-state index in [-0.39, 0.29) is 11.5 Å². The van der Waals surface area contributed by atoms with Gasteiger partial charge in [-0.05, 0) is 40.8 Å². The number of thioether (sulfide) groups is 1. The molecule has 0 aliphatic carbocycles. The van der Waals surface area contributed by atoms with E-state index in [1.807, 2.05) is 66.0 Å². The lowest BCUT2D eigenvalue weighted by Crippen LogP contribution is -2.20. The van der Waals surface area contributed by atoms with Crippen molar-refractivity contribution in [2.45, 2.75) is 16.9 Å². The van der Waals surface area contributed by atoms with Gasteiger partial charge >= 0.3 is 0 Å². The topological polar surface area (TPSA) is 74.0 Å². The van der Waals surface area contributed by atoms with Gasteiger partial charge in [0.15, 0.2) is 0 Å². The van der Waals surface area contributed by atoms with Gasteiger partial charge in [-0.3, -0.25) is 4.21 Å². The Morgan fingerprint density at radius 1 is 1.12 bits per heavy atom. The number of thiophene rings is 1. The number of halogens is 1. The molecule has 0 radical (unpaired) electrons. The second-order valence-corrected chi connectivity index (χ2v) is 11.4. The Balaban J connectivity index is 1.52. The van der Waals surface area contributed by atoms with E-state index in [2.05, 4.69) is 6.07 Å². The number of aliphatic hydroxyl groups is 1.